The van der Waals surface area contributed by atoms with Gasteiger partial charge < -0.3 is 9.26 Å². The molecule has 0 saturated heterocycles. The van der Waals surface area contributed by atoms with Crippen molar-refractivity contribution in [2.45, 2.75) is 11.8 Å². The summed E-state index contributed by atoms with van der Waals surface area (Å²) in [5, 5.41) is 5.62. The lowest BCUT2D eigenvalue weighted by molar-refractivity contribution is 0.340. The standard InChI is InChI=1S/C21H18FN3O4S2/c1-3-28-17-10-4-14(5-11-17)20-23-21(29-24-20)19-18(12-13-30-19)31(26,27)25(2)16-8-6-15(22)7-9-16/h4-13H,3H2,1-2H3. The summed E-state index contributed by atoms with van der Waals surface area (Å²) in [6.45, 7) is 2.47. The molecular formula is C21H18FN3O4S2. The fourth-order valence-electron chi connectivity index (χ4n) is 2.89. The molecule has 4 rings (SSSR count). The number of hydrogen-bond acceptors (Lipinski definition) is 7. The van der Waals surface area contributed by atoms with Gasteiger partial charge >= 0.3 is 0 Å². The van der Waals surface area contributed by atoms with Gasteiger partial charge in [0.1, 0.15) is 21.3 Å². The van der Waals surface area contributed by atoms with E-state index in [0.29, 0.717) is 28.6 Å². The maximum absolute atomic E-state index is 13.2. The third kappa shape index (κ3) is 4.17. The van der Waals surface area contributed by atoms with Crippen LogP contribution in [0.3, 0.4) is 0 Å². The number of anilines is 1. The van der Waals surface area contributed by atoms with Gasteiger partial charge in [-0.3, -0.25) is 4.31 Å². The average Bonchev–Trinajstić information content (AvgIpc) is 3.44. The van der Waals surface area contributed by atoms with Crippen LogP contribution in [0, 0.1) is 5.82 Å². The Balaban J connectivity index is 1.65. The molecule has 0 aliphatic heterocycles. The van der Waals surface area contributed by atoms with E-state index in [2.05, 4.69) is 10.1 Å². The molecule has 0 aliphatic carbocycles. The Labute approximate surface area is 182 Å². The second-order valence-corrected chi connectivity index (χ2v) is 9.30. The first-order valence-corrected chi connectivity index (χ1v) is 11.6. The van der Waals surface area contributed by atoms with Crippen LogP contribution >= 0.6 is 11.3 Å². The first-order valence-electron chi connectivity index (χ1n) is 9.29. The van der Waals surface area contributed by atoms with Gasteiger partial charge in [-0.05, 0) is 66.9 Å². The number of aromatic nitrogens is 2. The van der Waals surface area contributed by atoms with Gasteiger partial charge in [-0.25, -0.2) is 12.8 Å². The summed E-state index contributed by atoms with van der Waals surface area (Å²) >= 11 is 1.18. The van der Waals surface area contributed by atoms with E-state index >= 15 is 0 Å². The molecule has 0 atom stereocenters. The second-order valence-electron chi connectivity index (χ2n) is 6.44. The molecule has 0 saturated carbocycles. The normalized spacial score (nSPS) is 11.5. The van der Waals surface area contributed by atoms with Crippen molar-refractivity contribution >= 4 is 27.0 Å². The summed E-state index contributed by atoms with van der Waals surface area (Å²) in [5.41, 5.74) is 1.04. The molecule has 0 unspecified atom stereocenters. The van der Waals surface area contributed by atoms with Gasteiger partial charge in [0.2, 0.25) is 5.82 Å². The highest BCUT2D eigenvalue weighted by Gasteiger charge is 2.28. The van der Waals surface area contributed by atoms with Crippen LogP contribution in [0.5, 0.6) is 5.75 Å². The molecule has 7 nitrogen and oxygen atoms in total. The molecule has 4 aromatic rings. The summed E-state index contributed by atoms with van der Waals surface area (Å²) < 4.78 is 51.4. The lowest BCUT2D eigenvalue weighted by atomic mass is 10.2. The van der Waals surface area contributed by atoms with Crippen LogP contribution in [0.25, 0.3) is 22.2 Å². The van der Waals surface area contributed by atoms with Crippen LogP contribution in [0.2, 0.25) is 0 Å². The van der Waals surface area contributed by atoms with Crippen molar-refractivity contribution in [1.82, 2.24) is 10.1 Å². The molecule has 2 aromatic heterocycles. The fraction of sp³-hybridized carbons (Fsp3) is 0.143. The van der Waals surface area contributed by atoms with Crippen molar-refractivity contribution in [3.05, 3.63) is 65.8 Å². The van der Waals surface area contributed by atoms with E-state index in [1.54, 1.807) is 29.6 Å². The van der Waals surface area contributed by atoms with E-state index in [1.165, 1.54) is 48.7 Å². The molecule has 2 aromatic carbocycles. The Morgan fingerprint density at radius 1 is 1.10 bits per heavy atom. The van der Waals surface area contributed by atoms with Crippen molar-refractivity contribution in [1.29, 1.82) is 0 Å². The van der Waals surface area contributed by atoms with Crippen LogP contribution in [0.4, 0.5) is 10.1 Å². The fourth-order valence-corrected chi connectivity index (χ4v) is 5.40. The van der Waals surface area contributed by atoms with Crippen LogP contribution in [0.1, 0.15) is 6.92 Å². The monoisotopic (exact) mass is 459 g/mol. The molecule has 0 spiro atoms. The Bertz CT molecular complexity index is 1280. The van der Waals surface area contributed by atoms with Gasteiger partial charge in [-0.2, -0.15) is 4.98 Å². The summed E-state index contributed by atoms with van der Waals surface area (Å²) in [5.74, 6) is 0.718. The maximum atomic E-state index is 13.2. The number of nitrogens with zero attached hydrogens (tertiary/aromatic N) is 3. The number of benzene rings is 2. The Morgan fingerprint density at radius 2 is 1.81 bits per heavy atom. The number of hydrogen-bond donors (Lipinski definition) is 0. The SMILES string of the molecule is CCOc1ccc(-c2noc(-c3sccc3S(=O)(=O)N(C)c3ccc(F)cc3)n2)cc1. The average molecular weight is 460 g/mol. The molecule has 0 N–H and O–H groups in total. The van der Waals surface area contributed by atoms with Gasteiger partial charge in [0.05, 0.1) is 12.3 Å². The zero-order valence-electron chi connectivity index (χ0n) is 16.6. The molecule has 31 heavy (non-hydrogen) atoms. The number of thiophene rings is 1. The van der Waals surface area contributed by atoms with Crippen molar-refractivity contribution in [3.63, 3.8) is 0 Å². The van der Waals surface area contributed by atoms with E-state index in [1.807, 2.05) is 6.92 Å². The number of halogens is 1. The highest BCUT2D eigenvalue weighted by atomic mass is 32.2. The predicted octanol–water partition coefficient (Wildman–Crippen LogP) is 4.83. The van der Waals surface area contributed by atoms with E-state index in [9.17, 15) is 12.8 Å². The zero-order chi connectivity index (χ0) is 22.0. The Hall–Kier alpha value is -3.24. The topological polar surface area (TPSA) is 85.5 Å². The molecule has 0 aliphatic rings. The third-order valence-corrected chi connectivity index (χ3v) is 7.36. The predicted molar refractivity (Wildman–Crippen MR) is 116 cm³/mol. The second kappa shape index (κ2) is 8.48. The van der Waals surface area contributed by atoms with Crippen molar-refractivity contribution < 1.29 is 22.1 Å². The summed E-state index contributed by atoms with van der Waals surface area (Å²) in [6.07, 6.45) is 0. The number of rotatable bonds is 7. The van der Waals surface area contributed by atoms with Crippen molar-refractivity contribution in [2.24, 2.45) is 0 Å². The van der Waals surface area contributed by atoms with E-state index in [0.717, 1.165) is 10.1 Å². The van der Waals surface area contributed by atoms with Crippen molar-refractivity contribution in [3.8, 4) is 27.9 Å². The molecule has 0 amide bonds. The Morgan fingerprint density at radius 3 is 2.48 bits per heavy atom. The smallest absolute Gasteiger partial charge is 0.269 e. The molecule has 2 heterocycles. The largest absolute Gasteiger partial charge is 0.494 e. The number of sulfonamides is 1. The van der Waals surface area contributed by atoms with Gasteiger partial charge in [0, 0.05) is 12.6 Å². The van der Waals surface area contributed by atoms with Crippen LogP contribution < -0.4 is 9.04 Å². The van der Waals surface area contributed by atoms with E-state index in [-0.39, 0.29) is 10.8 Å². The first-order chi connectivity index (χ1) is 14.9. The summed E-state index contributed by atoms with van der Waals surface area (Å²) in [4.78, 5) is 4.74. The minimum atomic E-state index is -3.93. The Kier molecular flexibility index (Phi) is 5.75. The first kappa shape index (κ1) is 21.0. The highest BCUT2D eigenvalue weighted by molar-refractivity contribution is 7.93. The lowest BCUT2D eigenvalue weighted by Gasteiger charge is -2.19. The van der Waals surface area contributed by atoms with Gasteiger partial charge in [0.25, 0.3) is 15.9 Å². The highest BCUT2D eigenvalue weighted by Crippen LogP contribution is 2.35. The molecular weight excluding hydrogens is 441 g/mol. The molecule has 0 bridgehead atoms. The minimum absolute atomic E-state index is 0.0335. The quantitative estimate of drug-likeness (QED) is 0.394. The van der Waals surface area contributed by atoms with Gasteiger partial charge in [0.15, 0.2) is 0 Å². The van der Waals surface area contributed by atoms with E-state index in [4.69, 9.17) is 9.26 Å². The van der Waals surface area contributed by atoms with Gasteiger partial charge in [-0.15, -0.1) is 11.3 Å². The molecule has 10 heteroatoms. The molecule has 0 fully saturated rings. The molecule has 0 radical (unpaired) electrons. The van der Waals surface area contributed by atoms with Crippen LogP contribution in [0.15, 0.2) is 69.4 Å². The summed E-state index contributed by atoms with van der Waals surface area (Å²) in [6, 6.07) is 13.9. The number of ether oxygens (including phenoxy) is 1. The summed E-state index contributed by atoms with van der Waals surface area (Å²) in [7, 11) is -2.52. The van der Waals surface area contributed by atoms with Gasteiger partial charge in [-0.1, -0.05) is 5.16 Å². The van der Waals surface area contributed by atoms with Crippen molar-refractivity contribution in [2.75, 3.05) is 18.0 Å². The van der Waals surface area contributed by atoms with Crippen LogP contribution in [-0.2, 0) is 10.0 Å². The maximum Gasteiger partial charge on any atom is 0.269 e. The third-order valence-electron chi connectivity index (χ3n) is 4.50. The van der Waals surface area contributed by atoms with Crippen LogP contribution in [-0.4, -0.2) is 32.2 Å². The molecule has 160 valence electrons. The van der Waals surface area contributed by atoms with E-state index < -0.39 is 15.8 Å². The lowest BCUT2D eigenvalue weighted by Crippen LogP contribution is -2.26. The zero-order valence-corrected chi connectivity index (χ0v) is 18.3. The minimum Gasteiger partial charge on any atom is -0.494 e.